The molecule has 11 heteroatoms. The van der Waals surface area contributed by atoms with Crippen molar-refractivity contribution in [2.24, 2.45) is 0 Å². The highest BCUT2D eigenvalue weighted by atomic mass is 19.1. The number of fused-ring (bicyclic) bond motifs is 3. The number of β-amino-alcohol motifs (C(OH)–C–C–N with tert-alkyl or cyclic N) is 1. The van der Waals surface area contributed by atoms with E-state index in [0.717, 1.165) is 12.1 Å². The number of nitrogens with one attached hydrogen (secondary N) is 1. The second-order valence-electron chi connectivity index (χ2n) is 8.63. The van der Waals surface area contributed by atoms with E-state index in [0.29, 0.717) is 43.1 Å². The van der Waals surface area contributed by atoms with E-state index < -0.39 is 17.0 Å². The molecule has 2 aromatic rings. The minimum atomic E-state index is -1.18. The molecule has 0 saturated carbocycles. The van der Waals surface area contributed by atoms with Gasteiger partial charge in [0.05, 0.1) is 23.3 Å². The van der Waals surface area contributed by atoms with Crippen LogP contribution in [0.25, 0.3) is 0 Å². The van der Waals surface area contributed by atoms with Gasteiger partial charge < -0.3 is 14.9 Å². The number of carbonyl (C=O) groups excluding carboxylic acids is 2. The van der Waals surface area contributed by atoms with Gasteiger partial charge in [-0.05, 0) is 31.7 Å². The van der Waals surface area contributed by atoms with E-state index in [2.05, 4.69) is 9.97 Å². The van der Waals surface area contributed by atoms with E-state index in [1.54, 1.807) is 4.90 Å². The maximum atomic E-state index is 14.9. The van der Waals surface area contributed by atoms with Crippen molar-refractivity contribution in [1.29, 1.82) is 0 Å². The lowest BCUT2D eigenvalue weighted by Crippen LogP contribution is -2.50. The highest BCUT2D eigenvalue weighted by Gasteiger charge is 2.54. The summed E-state index contributed by atoms with van der Waals surface area (Å²) in [6, 6.07) is 1.91. The lowest BCUT2D eigenvalue weighted by Gasteiger charge is -2.39. The number of piperidine rings is 1. The zero-order chi connectivity index (χ0) is 23.3. The Kier molecular flexibility index (Phi) is 5.15. The maximum absolute atomic E-state index is 14.9. The molecule has 2 amide bonds. The summed E-state index contributed by atoms with van der Waals surface area (Å²) >= 11 is 0. The van der Waals surface area contributed by atoms with Gasteiger partial charge in [0.2, 0.25) is 18.3 Å². The molecular weight excluding hydrogens is 436 g/mol. The number of aromatic nitrogens is 2. The fraction of sp³-hybridized carbons (Fsp3) is 0.455. The van der Waals surface area contributed by atoms with Gasteiger partial charge in [-0.1, -0.05) is 0 Å². The predicted octanol–water partition coefficient (Wildman–Crippen LogP) is 0.834. The Balaban J connectivity index is 1.47. The Morgan fingerprint density at radius 2 is 1.94 bits per heavy atom. The number of rotatable bonds is 4. The molecule has 9 nitrogen and oxygen atoms in total. The molecular formula is C22H23F2N5O4. The second-order valence-corrected chi connectivity index (χ2v) is 8.63. The van der Waals surface area contributed by atoms with Crippen LogP contribution in [-0.2, 0) is 21.4 Å². The van der Waals surface area contributed by atoms with E-state index in [4.69, 9.17) is 0 Å². The van der Waals surface area contributed by atoms with Crippen LogP contribution in [0.3, 0.4) is 0 Å². The minimum Gasteiger partial charge on any atom is -0.395 e. The van der Waals surface area contributed by atoms with Crippen LogP contribution < -0.4 is 20.3 Å². The minimum absolute atomic E-state index is 0.0541. The van der Waals surface area contributed by atoms with Crippen LogP contribution in [0.1, 0.15) is 30.4 Å². The zero-order valence-corrected chi connectivity index (χ0v) is 17.8. The molecule has 1 fully saturated rings. The first-order chi connectivity index (χ1) is 15.9. The SMILES string of the molecule is O=CN1CCCc2c1nc(N1CCC3(CC1)C(=O)N(CCO)c1cc(F)cc(F)c13)[nH]c2=O. The lowest BCUT2D eigenvalue weighted by molar-refractivity contribution is -0.124. The Morgan fingerprint density at radius 3 is 2.64 bits per heavy atom. The highest BCUT2D eigenvalue weighted by molar-refractivity contribution is 6.08. The highest BCUT2D eigenvalue weighted by Crippen LogP contribution is 2.49. The Hall–Kier alpha value is -3.34. The zero-order valence-electron chi connectivity index (χ0n) is 17.8. The van der Waals surface area contributed by atoms with Gasteiger partial charge in [0.1, 0.15) is 17.5 Å². The molecule has 2 N–H and O–H groups in total. The van der Waals surface area contributed by atoms with Crippen molar-refractivity contribution in [3.63, 3.8) is 0 Å². The summed E-state index contributed by atoms with van der Waals surface area (Å²) in [5.41, 5.74) is -0.709. The van der Waals surface area contributed by atoms with Crippen molar-refractivity contribution < 1.29 is 23.5 Å². The summed E-state index contributed by atoms with van der Waals surface area (Å²) in [5.74, 6) is -1.30. The number of hydrogen-bond donors (Lipinski definition) is 2. The van der Waals surface area contributed by atoms with Gasteiger partial charge in [-0.25, -0.2) is 8.78 Å². The number of nitrogens with zero attached hydrogens (tertiary/aromatic N) is 4. The van der Waals surface area contributed by atoms with Crippen molar-refractivity contribution in [3.8, 4) is 0 Å². The van der Waals surface area contributed by atoms with E-state index in [9.17, 15) is 28.3 Å². The summed E-state index contributed by atoms with van der Waals surface area (Å²) in [4.78, 5) is 49.1. The van der Waals surface area contributed by atoms with Crippen LogP contribution in [0.15, 0.2) is 16.9 Å². The summed E-state index contributed by atoms with van der Waals surface area (Å²) in [6.45, 7) is 0.674. The van der Waals surface area contributed by atoms with Crippen LogP contribution in [0.4, 0.5) is 26.2 Å². The molecule has 4 heterocycles. The topological polar surface area (TPSA) is 110 Å². The van der Waals surface area contributed by atoms with Gasteiger partial charge in [-0.15, -0.1) is 0 Å². The molecule has 1 aromatic carbocycles. The number of carbonyl (C=O) groups is 2. The molecule has 3 aliphatic heterocycles. The van der Waals surface area contributed by atoms with Crippen LogP contribution >= 0.6 is 0 Å². The summed E-state index contributed by atoms with van der Waals surface area (Å²) in [7, 11) is 0. The maximum Gasteiger partial charge on any atom is 0.257 e. The fourth-order valence-corrected chi connectivity index (χ4v) is 5.33. The number of hydrogen-bond acceptors (Lipinski definition) is 6. The number of benzene rings is 1. The Labute approximate surface area is 187 Å². The quantitative estimate of drug-likeness (QED) is 0.656. The molecule has 0 unspecified atom stereocenters. The van der Waals surface area contributed by atoms with Crippen LogP contribution in [-0.4, -0.2) is 60.2 Å². The number of aliphatic hydroxyl groups excluding tert-OH is 1. The average molecular weight is 459 g/mol. The Morgan fingerprint density at radius 1 is 1.18 bits per heavy atom. The van der Waals surface area contributed by atoms with Gasteiger partial charge in [0.25, 0.3) is 5.56 Å². The van der Waals surface area contributed by atoms with Gasteiger partial charge in [-0.2, -0.15) is 4.98 Å². The molecule has 33 heavy (non-hydrogen) atoms. The summed E-state index contributed by atoms with van der Waals surface area (Å²) in [5, 5.41) is 9.39. The molecule has 0 radical (unpaired) electrons. The first-order valence-electron chi connectivity index (χ1n) is 10.9. The van der Waals surface area contributed by atoms with Crippen LogP contribution in [0.5, 0.6) is 0 Å². The lowest BCUT2D eigenvalue weighted by atomic mass is 9.73. The summed E-state index contributed by atoms with van der Waals surface area (Å²) < 4.78 is 28.8. The molecule has 0 aliphatic carbocycles. The second kappa shape index (κ2) is 7.91. The number of anilines is 3. The van der Waals surface area contributed by atoms with Gasteiger partial charge >= 0.3 is 0 Å². The van der Waals surface area contributed by atoms with Crippen molar-refractivity contribution in [1.82, 2.24) is 9.97 Å². The predicted molar refractivity (Wildman–Crippen MR) is 116 cm³/mol. The molecule has 5 rings (SSSR count). The van der Waals surface area contributed by atoms with Gasteiger partial charge in [0, 0.05) is 37.8 Å². The van der Waals surface area contributed by atoms with Crippen molar-refractivity contribution in [2.75, 3.05) is 47.5 Å². The summed E-state index contributed by atoms with van der Waals surface area (Å²) in [6.07, 6.45) is 2.32. The third-order valence-electron chi connectivity index (χ3n) is 6.90. The van der Waals surface area contributed by atoms with E-state index in [1.165, 1.54) is 9.80 Å². The third kappa shape index (κ3) is 3.21. The molecule has 0 atom stereocenters. The smallest absolute Gasteiger partial charge is 0.257 e. The number of halogens is 2. The average Bonchev–Trinajstić information content (AvgIpc) is 3.02. The largest absolute Gasteiger partial charge is 0.395 e. The normalized spacial score (nSPS) is 19.1. The van der Waals surface area contributed by atoms with Crippen molar-refractivity contribution in [3.05, 3.63) is 45.2 Å². The van der Waals surface area contributed by atoms with Gasteiger partial charge in [0.15, 0.2) is 0 Å². The third-order valence-corrected chi connectivity index (χ3v) is 6.90. The molecule has 174 valence electrons. The van der Waals surface area contributed by atoms with Crippen molar-refractivity contribution in [2.45, 2.75) is 31.1 Å². The molecule has 1 saturated heterocycles. The van der Waals surface area contributed by atoms with E-state index in [1.807, 2.05) is 0 Å². The standard InChI is InChI=1S/C22H23F2N5O4/c23-13-10-15(24)17-16(11-13)29(8-9-30)20(33)22(17)3-6-27(7-4-22)21-25-18-14(19(32)26-21)2-1-5-28(18)12-31/h10-12,30H,1-9H2,(H,25,26,32). The molecule has 1 aromatic heterocycles. The van der Waals surface area contributed by atoms with Crippen molar-refractivity contribution >= 4 is 29.8 Å². The van der Waals surface area contributed by atoms with Gasteiger partial charge in [-0.3, -0.25) is 24.3 Å². The van der Waals surface area contributed by atoms with Crippen LogP contribution in [0, 0.1) is 11.6 Å². The monoisotopic (exact) mass is 459 g/mol. The molecule has 0 bridgehead atoms. The van der Waals surface area contributed by atoms with E-state index >= 15 is 0 Å². The first kappa shape index (κ1) is 21.5. The Bertz CT molecular complexity index is 1190. The number of H-pyrrole nitrogens is 1. The first-order valence-corrected chi connectivity index (χ1v) is 10.9. The number of amides is 2. The van der Waals surface area contributed by atoms with E-state index in [-0.39, 0.29) is 61.8 Å². The molecule has 3 aliphatic rings. The fourth-order valence-electron chi connectivity index (χ4n) is 5.33. The molecule has 1 spiro atoms. The number of aromatic amines is 1. The number of aliphatic hydroxyl groups is 1. The van der Waals surface area contributed by atoms with Crippen LogP contribution in [0.2, 0.25) is 0 Å².